The highest BCUT2D eigenvalue weighted by Gasteiger charge is 2.14. The van der Waals surface area contributed by atoms with E-state index in [0.717, 1.165) is 41.8 Å². The van der Waals surface area contributed by atoms with E-state index in [1.807, 2.05) is 16.8 Å². The number of ether oxygens (including phenoxy) is 2. The van der Waals surface area contributed by atoms with Crippen LogP contribution in [0.15, 0.2) is 24.4 Å². The summed E-state index contributed by atoms with van der Waals surface area (Å²) in [5, 5.41) is 7.86. The van der Waals surface area contributed by atoms with E-state index in [1.54, 1.807) is 20.4 Å². The number of unbranched alkanes of at least 4 members (excludes halogenated alkanes) is 1. The summed E-state index contributed by atoms with van der Waals surface area (Å²) in [5.41, 5.74) is 9.49. The quantitative estimate of drug-likeness (QED) is 0.559. The van der Waals surface area contributed by atoms with Gasteiger partial charge in [-0.3, -0.25) is 4.68 Å². The fraction of sp³-hybridized carbons (Fsp3) is 0.421. The van der Waals surface area contributed by atoms with Crippen molar-refractivity contribution >= 4 is 22.8 Å². The average molecular weight is 370 g/mol. The molecule has 8 nitrogen and oxygen atoms in total. The highest BCUT2D eigenvalue weighted by atomic mass is 16.5. The lowest BCUT2D eigenvalue weighted by Crippen LogP contribution is -2.10. The molecule has 0 amide bonds. The van der Waals surface area contributed by atoms with Crippen molar-refractivity contribution in [1.29, 1.82) is 0 Å². The molecule has 2 heterocycles. The summed E-state index contributed by atoms with van der Waals surface area (Å²) in [4.78, 5) is 8.69. The highest BCUT2D eigenvalue weighted by Crippen LogP contribution is 2.26. The molecule has 0 atom stereocenters. The van der Waals surface area contributed by atoms with E-state index >= 15 is 0 Å². The highest BCUT2D eigenvalue weighted by molar-refractivity contribution is 5.86. The Morgan fingerprint density at radius 1 is 1.22 bits per heavy atom. The van der Waals surface area contributed by atoms with Gasteiger partial charge in [-0.1, -0.05) is 19.4 Å². The number of fused-ring (bicyclic) bond motifs is 1. The smallest absolute Gasteiger partial charge is 0.222 e. The maximum absolute atomic E-state index is 5.86. The lowest BCUT2D eigenvalue weighted by Gasteiger charge is -2.13. The third kappa shape index (κ3) is 4.28. The second-order valence-electron chi connectivity index (χ2n) is 6.33. The Balaban J connectivity index is 1.98. The Hall–Kier alpha value is -2.87. The van der Waals surface area contributed by atoms with Crippen LogP contribution >= 0.6 is 0 Å². The first kappa shape index (κ1) is 18.9. The van der Waals surface area contributed by atoms with Crippen LogP contribution in [-0.4, -0.2) is 40.5 Å². The number of rotatable bonds is 9. The van der Waals surface area contributed by atoms with Crippen LogP contribution in [0.5, 0.6) is 5.75 Å². The Labute approximate surface area is 158 Å². The molecule has 0 radical (unpaired) electrons. The molecule has 0 aliphatic carbocycles. The van der Waals surface area contributed by atoms with E-state index in [0.29, 0.717) is 24.5 Å². The fourth-order valence-corrected chi connectivity index (χ4v) is 3.02. The van der Waals surface area contributed by atoms with Crippen molar-refractivity contribution in [2.75, 3.05) is 31.8 Å². The monoisotopic (exact) mass is 370 g/mol. The zero-order valence-corrected chi connectivity index (χ0v) is 16.0. The second-order valence-corrected chi connectivity index (χ2v) is 6.33. The Morgan fingerprint density at radius 2 is 2.07 bits per heavy atom. The van der Waals surface area contributed by atoms with Gasteiger partial charge in [-0.15, -0.1) is 0 Å². The number of anilines is 2. The van der Waals surface area contributed by atoms with Crippen LogP contribution < -0.4 is 15.8 Å². The van der Waals surface area contributed by atoms with Crippen molar-refractivity contribution in [3.8, 4) is 5.75 Å². The molecule has 144 valence electrons. The second kappa shape index (κ2) is 8.68. The number of nitrogens with two attached hydrogens (primary N) is 1. The van der Waals surface area contributed by atoms with Crippen LogP contribution in [0.25, 0.3) is 11.0 Å². The molecule has 0 bridgehead atoms. The van der Waals surface area contributed by atoms with Crippen molar-refractivity contribution in [1.82, 2.24) is 19.7 Å². The molecule has 2 aromatic heterocycles. The number of aromatic nitrogens is 4. The van der Waals surface area contributed by atoms with E-state index in [9.17, 15) is 0 Å². The maximum Gasteiger partial charge on any atom is 0.222 e. The molecule has 0 aliphatic heterocycles. The number of nitrogens with one attached hydrogen (secondary N) is 1. The molecule has 0 unspecified atom stereocenters. The number of benzene rings is 1. The van der Waals surface area contributed by atoms with Gasteiger partial charge in [-0.05, 0) is 24.1 Å². The molecule has 0 saturated heterocycles. The average Bonchev–Trinajstić information content (AvgIpc) is 3.05. The first-order chi connectivity index (χ1) is 13.2. The third-order valence-corrected chi connectivity index (χ3v) is 4.30. The molecular weight excluding hydrogens is 344 g/mol. The van der Waals surface area contributed by atoms with Crippen molar-refractivity contribution in [3.63, 3.8) is 0 Å². The number of nitrogens with zero attached hydrogens (tertiary/aromatic N) is 4. The maximum atomic E-state index is 5.86. The summed E-state index contributed by atoms with van der Waals surface area (Å²) in [6, 6.07) is 6.01. The summed E-state index contributed by atoms with van der Waals surface area (Å²) in [7, 11) is 3.35. The van der Waals surface area contributed by atoms with Gasteiger partial charge < -0.3 is 20.5 Å². The molecule has 27 heavy (non-hydrogen) atoms. The first-order valence-electron chi connectivity index (χ1n) is 9.03. The van der Waals surface area contributed by atoms with Crippen molar-refractivity contribution in [3.05, 3.63) is 35.5 Å². The summed E-state index contributed by atoms with van der Waals surface area (Å²) in [6.07, 6.45) is 3.86. The Kier molecular flexibility index (Phi) is 6.08. The molecule has 0 fully saturated rings. The van der Waals surface area contributed by atoms with Gasteiger partial charge in [0, 0.05) is 19.2 Å². The Morgan fingerprint density at radius 3 is 2.81 bits per heavy atom. The van der Waals surface area contributed by atoms with Crippen LogP contribution in [0.1, 0.15) is 30.9 Å². The fourth-order valence-electron chi connectivity index (χ4n) is 3.02. The SMILES string of the molecule is CCCCNc1nc(N)nc2cnn(Cc3cc(COC)ccc3OC)c12. The van der Waals surface area contributed by atoms with E-state index < -0.39 is 0 Å². The van der Waals surface area contributed by atoms with Crippen LogP contribution in [0.4, 0.5) is 11.8 Å². The molecular formula is C19H26N6O2. The van der Waals surface area contributed by atoms with Crippen molar-refractivity contribution in [2.24, 2.45) is 0 Å². The minimum atomic E-state index is 0.237. The Bertz CT molecular complexity index is 909. The van der Waals surface area contributed by atoms with E-state index in [-0.39, 0.29) is 5.95 Å². The van der Waals surface area contributed by atoms with Gasteiger partial charge in [-0.25, -0.2) is 4.98 Å². The van der Waals surface area contributed by atoms with Crippen LogP contribution in [0, 0.1) is 0 Å². The van der Waals surface area contributed by atoms with Gasteiger partial charge in [0.25, 0.3) is 0 Å². The van der Waals surface area contributed by atoms with Gasteiger partial charge in [0.05, 0.1) is 26.5 Å². The van der Waals surface area contributed by atoms with Crippen LogP contribution in [-0.2, 0) is 17.9 Å². The molecule has 0 spiro atoms. The molecule has 3 aromatic rings. The van der Waals surface area contributed by atoms with Gasteiger partial charge in [0.15, 0.2) is 5.82 Å². The van der Waals surface area contributed by atoms with Gasteiger partial charge in [0.1, 0.15) is 16.8 Å². The summed E-state index contributed by atoms with van der Waals surface area (Å²) >= 11 is 0. The summed E-state index contributed by atoms with van der Waals surface area (Å²) < 4.78 is 12.6. The van der Waals surface area contributed by atoms with Gasteiger partial charge in [-0.2, -0.15) is 10.1 Å². The van der Waals surface area contributed by atoms with Crippen LogP contribution in [0.3, 0.4) is 0 Å². The number of hydrogen-bond donors (Lipinski definition) is 2. The summed E-state index contributed by atoms with van der Waals surface area (Å²) in [5.74, 6) is 1.74. The molecule has 8 heteroatoms. The predicted molar refractivity (Wildman–Crippen MR) is 106 cm³/mol. The molecule has 0 saturated carbocycles. The molecule has 3 N–H and O–H groups in total. The topological polar surface area (TPSA) is 100 Å². The number of methoxy groups -OCH3 is 2. The number of hydrogen-bond acceptors (Lipinski definition) is 7. The minimum absolute atomic E-state index is 0.237. The van der Waals surface area contributed by atoms with Crippen molar-refractivity contribution < 1.29 is 9.47 Å². The van der Waals surface area contributed by atoms with Gasteiger partial charge in [0.2, 0.25) is 5.95 Å². The van der Waals surface area contributed by atoms with Crippen LogP contribution in [0.2, 0.25) is 0 Å². The predicted octanol–water partition coefficient (Wildman–Crippen LogP) is 2.82. The largest absolute Gasteiger partial charge is 0.496 e. The van der Waals surface area contributed by atoms with E-state index in [4.69, 9.17) is 15.2 Å². The normalized spacial score (nSPS) is 11.1. The minimum Gasteiger partial charge on any atom is -0.496 e. The standard InChI is InChI=1S/C19H26N6O2/c1-4-5-8-21-18-17-15(23-19(20)24-18)10-22-25(17)11-14-9-13(12-26-2)6-7-16(14)27-3/h6-7,9-10H,4-5,8,11-12H2,1-3H3,(H3,20,21,23,24). The van der Waals surface area contributed by atoms with E-state index in [2.05, 4.69) is 33.4 Å². The van der Waals surface area contributed by atoms with Gasteiger partial charge >= 0.3 is 0 Å². The molecule has 0 aliphatic rings. The van der Waals surface area contributed by atoms with Crippen molar-refractivity contribution in [2.45, 2.75) is 32.9 Å². The first-order valence-corrected chi connectivity index (χ1v) is 9.03. The van der Waals surface area contributed by atoms with E-state index in [1.165, 1.54) is 0 Å². The molecule has 1 aromatic carbocycles. The third-order valence-electron chi connectivity index (χ3n) is 4.30. The lowest BCUT2D eigenvalue weighted by atomic mass is 10.1. The number of nitrogen functional groups attached to an aromatic ring is 1. The lowest BCUT2D eigenvalue weighted by molar-refractivity contribution is 0.184. The zero-order valence-electron chi connectivity index (χ0n) is 16.0. The summed E-state index contributed by atoms with van der Waals surface area (Å²) in [6.45, 7) is 4.04. The zero-order chi connectivity index (χ0) is 19.2. The molecule has 3 rings (SSSR count).